The van der Waals surface area contributed by atoms with E-state index < -0.39 is 12.1 Å². The van der Waals surface area contributed by atoms with Gasteiger partial charge in [-0.2, -0.15) is 0 Å². The van der Waals surface area contributed by atoms with Gasteiger partial charge in [-0.3, -0.25) is 4.90 Å². The monoisotopic (exact) mass is 287 g/mol. The summed E-state index contributed by atoms with van der Waals surface area (Å²) in [5.41, 5.74) is 2.07. The quantitative estimate of drug-likeness (QED) is 0.850. The van der Waals surface area contributed by atoms with Gasteiger partial charge >= 0.3 is 5.97 Å². The topological polar surface area (TPSA) is 40.5 Å². The van der Waals surface area contributed by atoms with Gasteiger partial charge in [-0.15, -0.1) is 0 Å². The molecule has 0 radical (unpaired) electrons. The average molecular weight is 287 g/mol. The van der Waals surface area contributed by atoms with Crippen molar-refractivity contribution in [1.82, 2.24) is 4.90 Å². The molecule has 0 saturated carbocycles. The highest BCUT2D eigenvalue weighted by atomic mass is 19.1. The van der Waals surface area contributed by atoms with E-state index in [1.807, 2.05) is 65.6 Å². The summed E-state index contributed by atoms with van der Waals surface area (Å²) in [6.45, 7) is 0.909. The van der Waals surface area contributed by atoms with Crippen molar-refractivity contribution in [3.63, 3.8) is 0 Å². The molecule has 2 aromatic carbocycles. The molecule has 4 heteroatoms. The van der Waals surface area contributed by atoms with E-state index in [2.05, 4.69) is 0 Å². The number of carbonyl (C=O) groups is 1. The molecule has 3 nitrogen and oxygen atoms in total. The fraction of sp³-hybridized carbons (Fsp3) is 0.235. The molecule has 0 aliphatic heterocycles. The largest absolute Gasteiger partial charge is 0.479 e. The van der Waals surface area contributed by atoms with Crippen LogP contribution in [0.1, 0.15) is 11.1 Å². The van der Waals surface area contributed by atoms with Crippen molar-refractivity contribution in [3.8, 4) is 0 Å². The number of nitrogens with zero attached hydrogens (tertiary/aromatic N) is 1. The summed E-state index contributed by atoms with van der Waals surface area (Å²) in [5, 5.41) is 8.76. The lowest BCUT2D eigenvalue weighted by atomic mass is 10.1. The Bertz CT molecular complexity index is 518. The Balaban J connectivity index is 2.08. The Labute approximate surface area is 123 Å². The fourth-order valence-electron chi connectivity index (χ4n) is 2.17. The smallest absolute Gasteiger partial charge is 0.339 e. The molecule has 0 spiro atoms. The van der Waals surface area contributed by atoms with Crippen LogP contribution in [0, 0.1) is 0 Å². The molecular weight excluding hydrogens is 269 g/mol. The third-order valence-electron chi connectivity index (χ3n) is 3.18. The summed E-state index contributed by atoms with van der Waals surface area (Å²) >= 11 is 0. The number of aliphatic carboxylic acids is 1. The van der Waals surface area contributed by atoms with Crippen LogP contribution in [0.4, 0.5) is 4.39 Å². The van der Waals surface area contributed by atoms with Crippen molar-refractivity contribution in [2.45, 2.75) is 19.3 Å². The third-order valence-corrected chi connectivity index (χ3v) is 3.18. The summed E-state index contributed by atoms with van der Waals surface area (Å²) in [6.07, 6.45) is -1.88. The summed E-state index contributed by atoms with van der Waals surface area (Å²) < 4.78 is 13.5. The minimum absolute atomic E-state index is 0.126. The molecule has 0 saturated heterocycles. The Morgan fingerprint density at radius 2 is 1.38 bits per heavy atom. The molecule has 2 aromatic rings. The van der Waals surface area contributed by atoms with Gasteiger partial charge < -0.3 is 5.11 Å². The van der Waals surface area contributed by atoms with Crippen molar-refractivity contribution < 1.29 is 14.3 Å². The second-order valence-electron chi connectivity index (χ2n) is 4.95. The van der Waals surface area contributed by atoms with E-state index in [-0.39, 0.29) is 6.54 Å². The van der Waals surface area contributed by atoms with Crippen LogP contribution in [-0.4, -0.2) is 28.7 Å². The lowest BCUT2D eigenvalue weighted by molar-refractivity contribution is -0.143. The zero-order valence-electron chi connectivity index (χ0n) is 11.7. The van der Waals surface area contributed by atoms with Crippen LogP contribution in [0.15, 0.2) is 60.7 Å². The number of rotatable bonds is 7. The van der Waals surface area contributed by atoms with Crippen LogP contribution in [0.5, 0.6) is 0 Å². The van der Waals surface area contributed by atoms with E-state index in [9.17, 15) is 9.18 Å². The predicted octanol–water partition coefficient (Wildman–Crippen LogP) is 3.11. The van der Waals surface area contributed by atoms with Gasteiger partial charge in [0.2, 0.25) is 6.17 Å². The Morgan fingerprint density at radius 3 is 1.76 bits per heavy atom. The molecule has 2 rings (SSSR count). The number of carboxylic acids is 1. The second kappa shape index (κ2) is 7.55. The number of halogens is 1. The lowest BCUT2D eigenvalue weighted by Gasteiger charge is -2.23. The van der Waals surface area contributed by atoms with Crippen LogP contribution in [0.25, 0.3) is 0 Å². The summed E-state index contributed by atoms with van der Waals surface area (Å²) in [6, 6.07) is 19.3. The van der Waals surface area contributed by atoms with Gasteiger partial charge in [0.05, 0.1) is 0 Å². The van der Waals surface area contributed by atoms with E-state index in [0.29, 0.717) is 13.1 Å². The van der Waals surface area contributed by atoms with Gasteiger partial charge in [-0.25, -0.2) is 9.18 Å². The predicted molar refractivity (Wildman–Crippen MR) is 79.5 cm³/mol. The number of hydrogen-bond acceptors (Lipinski definition) is 2. The van der Waals surface area contributed by atoms with Crippen LogP contribution in [0.2, 0.25) is 0 Å². The molecule has 1 N–H and O–H groups in total. The first-order valence-corrected chi connectivity index (χ1v) is 6.82. The minimum Gasteiger partial charge on any atom is -0.479 e. The van der Waals surface area contributed by atoms with Crippen LogP contribution in [0.3, 0.4) is 0 Å². The fourth-order valence-corrected chi connectivity index (χ4v) is 2.17. The molecule has 0 aliphatic rings. The van der Waals surface area contributed by atoms with Crippen molar-refractivity contribution in [2.24, 2.45) is 0 Å². The first-order valence-electron chi connectivity index (χ1n) is 6.82. The number of hydrogen-bond donors (Lipinski definition) is 1. The van der Waals surface area contributed by atoms with E-state index in [1.165, 1.54) is 0 Å². The Hall–Kier alpha value is -2.20. The van der Waals surface area contributed by atoms with Crippen molar-refractivity contribution in [2.75, 3.05) is 6.54 Å². The molecule has 0 heterocycles. The minimum atomic E-state index is -1.88. The van der Waals surface area contributed by atoms with Crippen molar-refractivity contribution in [1.29, 1.82) is 0 Å². The standard InChI is InChI=1S/C17H18FNO2/c18-16(17(20)21)13-19(11-14-7-3-1-4-8-14)12-15-9-5-2-6-10-15/h1-10,16H,11-13H2,(H,20,21)/t16-/m0/s1. The first-order chi connectivity index (χ1) is 10.1. The maximum absolute atomic E-state index is 13.5. The van der Waals surface area contributed by atoms with E-state index in [1.54, 1.807) is 0 Å². The normalized spacial score (nSPS) is 12.3. The molecule has 1 atom stereocenters. The number of alkyl halides is 1. The third kappa shape index (κ3) is 5.00. The van der Waals surface area contributed by atoms with E-state index >= 15 is 0 Å². The molecular formula is C17H18FNO2. The summed E-state index contributed by atoms with van der Waals surface area (Å²) in [7, 11) is 0. The molecule has 0 fully saturated rings. The molecule has 0 bridgehead atoms. The zero-order valence-corrected chi connectivity index (χ0v) is 11.7. The summed E-state index contributed by atoms with van der Waals surface area (Å²) in [5.74, 6) is -1.42. The van der Waals surface area contributed by atoms with Crippen molar-refractivity contribution in [3.05, 3.63) is 71.8 Å². The van der Waals surface area contributed by atoms with Gasteiger partial charge in [0.15, 0.2) is 0 Å². The molecule has 110 valence electrons. The molecule has 21 heavy (non-hydrogen) atoms. The van der Waals surface area contributed by atoms with Gasteiger partial charge in [-0.05, 0) is 11.1 Å². The summed E-state index contributed by atoms with van der Waals surface area (Å²) in [4.78, 5) is 12.5. The molecule has 0 amide bonds. The number of carboxylic acid groups (broad SMARTS) is 1. The maximum Gasteiger partial charge on any atom is 0.339 e. The lowest BCUT2D eigenvalue weighted by Crippen LogP contribution is -2.33. The first kappa shape index (κ1) is 15.2. The second-order valence-corrected chi connectivity index (χ2v) is 4.95. The SMILES string of the molecule is O=C(O)[C@@H](F)CN(Cc1ccccc1)Cc1ccccc1. The number of benzene rings is 2. The molecule has 0 aromatic heterocycles. The van der Waals surface area contributed by atoms with Crippen LogP contribution in [-0.2, 0) is 17.9 Å². The Kier molecular flexibility index (Phi) is 5.46. The van der Waals surface area contributed by atoms with E-state index in [4.69, 9.17) is 5.11 Å². The zero-order chi connectivity index (χ0) is 15.1. The maximum atomic E-state index is 13.5. The van der Waals surface area contributed by atoms with Crippen LogP contribution >= 0.6 is 0 Å². The Morgan fingerprint density at radius 1 is 0.952 bits per heavy atom. The van der Waals surface area contributed by atoms with Crippen LogP contribution < -0.4 is 0 Å². The highest BCUT2D eigenvalue weighted by Crippen LogP contribution is 2.11. The molecule has 0 unspecified atom stereocenters. The highest BCUT2D eigenvalue weighted by molar-refractivity contribution is 5.72. The van der Waals surface area contributed by atoms with Gasteiger partial charge in [0.1, 0.15) is 0 Å². The van der Waals surface area contributed by atoms with Gasteiger partial charge in [0.25, 0.3) is 0 Å². The average Bonchev–Trinajstić information content (AvgIpc) is 2.49. The van der Waals surface area contributed by atoms with Gasteiger partial charge in [0, 0.05) is 19.6 Å². The highest BCUT2D eigenvalue weighted by Gasteiger charge is 2.20. The van der Waals surface area contributed by atoms with E-state index in [0.717, 1.165) is 11.1 Å². The van der Waals surface area contributed by atoms with Crippen molar-refractivity contribution >= 4 is 5.97 Å². The molecule has 0 aliphatic carbocycles. The van der Waals surface area contributed by atoms with Gasteiger partial charge in [-0.1, -0.05) is 60.7 Å².